The van der Waals surface area contributed by atoms with Gasteiger partial charge in [-0.05, 0) is 25.0 Å². The Morgan fingerprint density at radius 1 is 1.03 bits per heavy atom. The molecule has 1 saturated heterocycles. The van der Waals surface area contributed by atoms with Gasteiger partial charge in [-0.2, -0.15) is 0 Å². The molecule has 0 spiro atoms. The third kappa shape index (κ3) is 6.44. The first-order valence-electron chi connectivity index (χ1n) is 10.1. The highest BCUT2D eigenvalue weighted by Crippen LogP contribution is 2.09. The number of hydrogen-bond donors (Lipinski definition) is 2. The number of piperazine rings is 1. The molecule has 0 unspecified atom stereocenters. The fourth-order valence-electron chi connectivity index (χ4n) is 3.19. The molecule has 29 heavy (non-hydrogen) atoms. The maximum Gasteiger partial charge on any atom is 0.241 e. The molecule has 1 aromatic heterocycles. The Bertz CT molecular complexity index is 774. The number of benzene rings is 1. The van der Waals surface area contributed by atoms with Gasteiger partial charge >= 0.3 is 0 Å². The minimum Gasteiger partial charge on any atom is -0.357 e. The third-order valence-corrected chi connectivity index (χ3v) is 4.70. The Kier molecular flexibility index (Phi) is 7.80. The molecule has 1 aliphatic heterocycles. The van der Waals surface area contributed by atoms with Gasteiger partial charge in [0.15, 0.2) is 5.96 Å². The molecule has 8 heteroatoms. The fraction of sp³-hybridized carbons (Fsp3) is 0.429. The average Bonchev–Trinajstić information content (AvgIpc) is 2.78. The van der Waals surface area contributed by atoms with Crippen molar-refractivity contribution in [2.45, 2.75) is 13.3 Å². The van der Waals surface area contributed by atoms with Gasteiger partial charge in [0.05, 0.1) is 0 Å². The van der Waals surface area contributed by atoms with Crippen LogP contribution < -0.4 is 15.5 Å². The topological polar surface area (TPSA) is 85.8 Å². The molecule has 2 heterocycles. The fourth-order valence-corrected chi connectivity index (χ4v) is 3.19. The molecule has 0 saturated carbocycles. The monoisotopic (exact) mass is 395 g/mol. The van der Waals surface area contributed by atoms with E-state index in [1.807, 2.05) is 31.2 Å². The quantitative estimate of drug-likeness (QED) is 0.536. The Balaban J connectivity index is 1.46. The Morgan fingerprint density at radius 3 is 2.45 bits per heavy atom. The van der Waals surface area contributed by atoms with Crippen LogP contribution in [0.2, 0.25) is 0 Å². The first-order chi connectivity index (χ1) is 14.3. The van der Waals surface area contributed by atoms with Crippen LogP contribution in [-0.2, 0) is 11.2 Å². The van der Waals surface area contributed by atoms with Crippen LogP contribution in [0.3, 0.4) is 0 Å². The summed E-state index contributed by atoms with van der Waals surface area (Å²) in [4.78, 5) is 29.7. The number of guanidine groups is 1. The lowest BCUT2D eigenvalue weighted by molar-refractivity contribution is -0.119. The lowest BCUT2D eigenvalue weighted by Crippen LogP contribution is -2.53. The van der Waals surface area contributed by atoms with Gasteiger partial charge in [-0.15, -0.1) is 0 Å². The molecule has 2 aromatic rings. The summed E-state index contributed by atoms with van der Waals surface area (Å²) in [6.07, 6.45) is 4.34. The predicted molar refractivity (Wildman–Crippen MR) is 115 cm³/mol. The summed E-state index contributed by atoms with van der Waals surface area (Å²) in [5.74, 6) is 1.47. The molecule has 8 nitrogen and oxygen atoms in total. The van der Waals surface area contributed by atoms with E-state index >= 15 is 0 Å². The Hall–Kier alpha value is -3.16. The minimum absolute atomic E-state index is 0.0624. The summed E-state index contributed by atoms with van der Waals surface area (Å²) in [7, 11) is 0. The summed E-state index contributed by atoms with van der Waals surface area (Å²) in [6.45, 7) is 6.78. The molecule has 0 radical (unpaired) electrons. The van der Waals surface area contributed by atoms with Crippen molar-refractivity contribution in [3.63, 3.8) is 0 Å². The van der Waals surface area contributed by atoms with Crippen LogP contribution in [0.4, 0.5) is 5.95 Å². The minimum atomic E-state index is -0.0624. The number of hydrogen-bond acceptors (Lipinski definition) is 5. The number of carbonyl (C=O) groups is 1. The van der Waals surface area contributed by atoms with E-state index in [9.17, 15) is 4.79 Å². The van der Waals surface area contributed by atoms with Gasteiger partial charge in [0.2, 0.25) is 11.9 Å². The van der Waals surface area contributed by atoms with E-state index in [-0.39, 0.29) is 12.5 Å². The van der Waals surface area contributed by atoms with Crippen molar-refractivity contribution < 1.29 is 4.79 Å². The van der Waals surface area contributed by atoms with Crippen LogP contribution in [0.25, 0.3) is 0 Å². The average molecular weight is 396 g/mol. The molecule has 1 fully saturated rings. The van der Waals surface area contributed by atoms with Gasteiger partial charge in [-0.25, -0.2) is 15.0 Å². The van der Waals surface area contributed by atoms with Gasteiger partial charge in [0, 0.05) is 51.7 Å². The lowest BCUT2D eigenvalue weighted by atomic mass is 10.1. The second-order valence-corrected chi connectivity index (χ2v) is 6.78. The smallest absolute Gasteiger partial charge is 0.241 e. The molecule has 3 rings (SSSR count). The second-order valence-electron chi connectivity index (χ2n) is 6.78. The van der Waals surface area contributed by atoms with Crippen LogP contribution >= 0.6 is 0 Å². The third-order valence-electron chi connectivity index (χ3n) is 4.70. The van der Waals surface area contributed by atoms with Crippen molar-refractivity contribution in [1.29, 1.82) is 0 Å². The first-order valence-corrected chi connectivity index (χ1v) is 10.1. The summed E-state index contributed by atoms with van der Waals surface area (Å²) < 4.78 is 0. The predicted octanol–water partition coefficient (Wildman–Crippen LogP) is 0.923. The highest BCUT2D eigenvalue weighted by atomic mass is 16.1. The highest BCUT2D eigenvalue weighted by Gasteiger charge is 2.21. The summed E-state index contributed by atoms with van der Waals surface area (Å²) in [5.41, 5.74) is 1.21. The van der Waals surface area contributed by atoms with Crippen LogP contribution in [0.1, 0.15) is 12.5 Å². The van der Waals surface area contributed by atoms with Gasteiger partial charge in [-0.1, -0.05) is 30.3 Å². The van der Waals surface area contributed by atoms with Crippen LogP contribution in [-0.4, -0.2) is 72.5 Å². The van der Waals surface area contributed by atoms with Crippen molar-refractivity contribution >= 4 is 17.8 Å². The molecule has 0 atom stereocenters. The van der Waals surface area contributed by atoms with E-state index in [0.717, 1.165) is 51.1 Å². The Morgan fingerprint density at radius 2 is 1.76 bits per heavy atom. The SMILES string of the molecule is CCNC(=NCC(=O)NCCc1ccccc1)N1CCN(c2ncccn2)CC1. The van der Waals surface area contributed by atoms with E-state index in [4.69, 9.17) is 0 Å². The van der Waals surface area contributed by atoms with Gasteiger partial charge in [-0.3, -0.25) is 4.79 Å². The van der Waals surface area contributed by atoms with Crippen LogP contribution in [0.5, 0.6) is 0 Å². The summed E-state index contributed by atoms with van der Waals surface area (Å²) in [6, 6.07) is 12.0. The number of rotatable bonds is 7. The van der Waals surface area contributed by atoms with Gasteiger partial charge in [0.1, 0.15) is 6.54 Å². The number of aromatic nitrogens is 2. The largest absolute Gasteiger partial charge is 0.357 e. The number of nitrogens with zero attached hydrogens (tertiary/aromatic N) is 5. The van der Waals surface area contributed by atoms with Crippen LogP contribution in [0.15, 0.2) is 53.8 Å². The van der Waals surface area contributed by atoms with Crippen molar-refractivity contribution in [2.75, 3.05) is 50.7 Å². The van der Waals surface area contributed by atoms with Gasteiger partial charge < -0.3 is 20.4 Å². The maximum absolute atomic E-state index is 12.2. The van der Waals surface area contributed by atoms with E-state index in [1.54, 1.807) is 12.4 Å². The normalized spacial score (nSPS) is 14.6. The maximum atomic E-state index is 12.2. The van der Waals surface area contributed by atoms with E-state index in [1.165, 1.54) is 5.56 Å². The molecule has 0 bridgehead atoms. The Labute approximate surface area is 172 Å². The number of carbonyl (C=O) groups excluding carboxylic acids is 1. The molecule has 154 valence electrons. The van der Waals surface area contributed by atoms with E-state index in [0.29, 0.717) is 6.54 Å². The molecule has 0 aliphatic carbocycles. The number of aliphatic imine (C=N–C) groups is 1. The number of nitrogens with one attached hydrogen (secondary N) is 2. The van der Waals surface area contributed by atoms with E-state index < -0.39 is 0 Å². The van der Waals surface area contributed by atoms with Crippen molar-refractivity contribution in [3.05, 3.63) is 54.4 Å². The highest BCUT2D eigenvalue weighted by molar-refractivity contribution is 5.85. The van der Waals surface area contributed by atoms with E-state index in [2.05, 4.69) is 47.5 Å². The van der Waals surface area contributed by atoms with Crippen molar-refractivity contribution in [2.24, 2.45) is 4.99 Å². The molecular weight excluding hydrogens is 366 g/mol. The zero-order valence-electron chi connectivity index (χ0n) is 16.9. The first kappa shape index (κ1) is 20.6. The lowest BCUT2D eigenvalue weighted by Gasteiger charge is -2.36. The summed E-state index contributed by atoms with van der Waals surface area (Å²) in [5, 5.41) is 6.23. The van der Waals surface area contributed by atoms with Crippen LogP contribution in [0, 0.1) is 0 Å². The zero-order valence-corrected chi connectivity index (χ0v) is 16.9. The molecule has 2 N–H and O–H groups in total. The number of anilines is 1. The molecule has 1 aliphatic rings. The second kappa shape index (κ2) is 11.0. The number of amides is 1. The van der Waals surface area contributed by atoms with Gasteiger partial charge in [0.25, 0.3) is 0 Å². The van der Waals surface area contributed by atoms with Crippen molar-refractivity contribution in [3.8, 4) is 0 Å². The zero-order chi connectivity index (χ0) is 20.3. The van der Waals surface area contributed by atoms with Crippen molar-refractivity contribution in [1.82, 2.24) is 25.5 Å². The molecule has 1 amide bonds. The molecule has 1 aromatic carbocycles. The molecular formula is C21H29N7O. The summed E-state index contributed by atoms with van der Waals surface area (Å²) >= 11 is 0. The standard InChI is InChI=1S/C21H29N7O/c1-2-22-20(26-17-19(29)23-12-9-18-7-4-3-5-8-18)27-13-15-28(16-14-27)21-24-10-6-11-25-21/h3-8,10-11H,2,9,12-17H2,1H3,(H,22,26)(H,23,29).